The van der Waals surface area contributed by atoms with Gasteiger partial charge in [0.1, 0.15) is 5.75 Å². The van der Waals surface area contributed by atoms with E-state index in [1.165, 1.54) is 12.1 Å². The molecule has 0 amide bonds. The van der Waals surface area contributed by atoms with Crippen LogP contribution < -0.4 is 9.46 Å². The molecule has 8 heteroatoms. The smallest absolute Gasteiger partial charge is 0.240 e. The van der Waals surface area contributed by atoms with Crippen molar-refractivity contribution in [2.45, 2.75) is 31.1 Å². The third-order valence-electron chi connectivity index (χ3n) is 3.85. The summed E-state index contributed by atoms with van der Waals surface area (Å²) in [5.41, 5.74) is 0. The first-order valence-electron chi connectivity index (χ1n) is 7.75. The number of sulfone groups is 1. The predicted molar refractivity (Wildman–Crippen MR) is 88.8 cm³/mol. The minimum absolute atomic E-state index is 0.162. The Kier molecular flexibility index (Phi) is 6.05. The highest BCUT2D eigenvalue weighted by molar-refractivity contribution is 7.91. The van der Waals surface area contributed by atoms with E-state index in [1.807, 2.05) is 6.92 Å². The Labute approximate surface area is 138 Å². The SMILES string of the molecule is CCOc1ccc(S(=O)(=O)NCCCC2CCS(=O)(=O)C2)cc1. The zero-order valence-electron chi connectivity index (χ0n) is 13.2. The van der Waals surface area contributed by atoms with E-state index in [9.17, 15) is 16.8 Å². The summed E-state index contributed by atoms with van der Waals surface area (Å²) in [4.78, 5) is 0.199. The topological polar surface area (TPSA) is 89.5 Å². The standard InChI is InChI=1S/C15H23NO5S2/c1-2-21-14-5-7-15(8-6-14)23(19,20)16-10-3-4-13-9-11-22(17,18)12-13/h5-8,13,16H,2-4,9-12H2,1H3. The minimum atomic E-state index is -3.53. The van der Waals surface area contributed by atoms with Crippen molar-refractivity contribution in [3.05, 3.63) is 24.3 Å². The van der Waals surface area contributed by atoms with Gasteiger partial charge in [-0.25, -0.2) is 21.6 Å². The molecule has 0 aliphatic carbocycles. The van der Waals surface area contributed by atoms with Crippen LogP contribution in [0.5, 0.6) is 5.75 Å². The number of hydrogen-bond acceptors (Lipinski definition) is 5. The van der Waals surface area contributed by atoms with Gasteiger partial charge in [-0.2, -0.15) is 0 Å². The van der Waals surface area contributed by atoms with E-state index in [-0.39, 0.29) is 22.3 Å². The van der Waals surface area contributed by atoms with Crippen molar-refractivity contribution in [1.82, 2.24) is 4.72 Å². The van der Waals surface area contributed by atoms with Crippen molar-refractivity contribution >= 4 is 19.9 Å². The maximum atomic E-state index is 12.2. The Morgan fingerprint density at radius 2 is 1.96 bits per heavy atom. The molecular weight excluding hydrogens is 338 g/mol. The molecule has 1 saturated heterocycles. The molecule has 1 aliphatic rings. The number of sulfonamides is 1. The van der Waals surface area contributed by atoms with Gasteiger partial charge in [0.05, 0.1) is 23.0 Å². The molecule has 1 aromatic carbocycles. The quantitative estimate of drug-likeness (QED) is 0.710. The summed E-state index contributed by atoms with van der Waals surface area (Å²) >= 11 is 0. The summed E-state index contributed by atoms with van der Waals surface area (Å²) in [5.74, 6) is 1.29. The monoisotopic (exact) mass is 361 g/mol. The average Bonchev–Trinajstić information content (AvgIpc) is 2.84. The lowest BCUT2D eigenvalue weighted by molar-refractivity contribution is 0.340. The van der Waals surface area contributed by atoms with Crippen LogP contribution in [0.4, 0.5) is 0 Å². The molecule has 130 valence electrons. The molecule has 1 unspecified atom stereocenters. The zero-order valence-corrected chi connectivity index (χ0v) is 14.8. The molecule has 0 saturated carbocycles. The fraction of sp³-hybridized carbons (Fsp3) is 0.600. The van der Waals surface area contributed by atoms with E-state index in [2.05, 4.69) is 4.72 Å². The maximum absolute atomic E-state index is 12.2. The Hall–Kier alpha value is -1.12. The second-order valence-corrected chi connectivity index (χ2v) is 9.71. The van der Waals surface area contributed by atoms with Crippen molar-refractivity contribution in [1.29, 1.82) is 0 Å². The number of nitrogens with one attached hydrogen (secondary N) is 1. The minimum Gasteiger partial charge on any atom is -0.494 e. The molecule has 0 spiro atoms. The largest absolute Gasteiger partial charge is 0.494 e. The number of ether oxygens (including phenoxy) is 1. The van der Waals surface area contributed by atoms with Crippen LogP contribution in [-0.2, 0) is 19.9 Å². The summed E-state index contributed by atoms with van der Waals surface area (Å²) in [5, 5.41) is 0. The summed E-state index contributed by atoms with van der Waals surface area (Å²) in [7, 11) is -6.40. The first kappa shape index (κ1) is 18.2. The normalized spacial score (nSPS) is 20.5. The molecule has 1 N–H and O–H groups in total. The molecule has 23 heavy (non-hydrogen) atoms. The number of hydrogen-bond donors (Lipinski definition) is 1. The highest BCUT2D eigenvalue weighted by Crippen LogP contribution is 2.22. The van der Waals surface area contributed by atoms with Gasteiger partial charge in [0, 0.05) is 6.54 Å². The van der Waals surface area contributed by atoms with Gasteiger partial charge in [-0.05, 0) is 56.4 Å². The molecular formula is C15H23NO5S2. The van der Waals surface area contributed by atoms with E-state index in [0.717, 1.165) is 6.42 Å². The highest BCUT2D eigenvalue weighted by atomic mass is 32.2. The maximum Gasteiger partial charge on any atom is 0.240 e. The van der Waals surface area contributed by atoms with Crippen molar-refractivity contribution in [3.8, 4) is 5.75 Å². The van der Waals surface area contributed by atoms with Crippen LogP contribution in [0.2, 0.25) is 0 Å². The Bertz CT molecular complexity index is 711. The molecule has 1 aromatic rings. The fourth-order valence-corrected chi connectivity index (χ4v) is 5.65. The van der Waals surface area contributed by atoms with Crippen LogP contribution in [0.3, 0.4) is 0 Å². The molecule has 1 fully saturated rings. The molecule has 1 aliphatic heterocycles. The van der Waals surface area contributed by atoms with Crippen molar-refractivity contribution in [2.75, 3.05) is 24.7 Å². The van der Waals surface area contributed by atoms with Crippen LogP contribution >= 0.6 is 0 Å². The van der Waals surface area contributed by atoms with Gasteiger partial charge < -0.3 is 4.74 Å². The van der Waals surface area contributed by atoms with Gasteiger partial charge in [-0.1, -0.05) is 0 Å². The van der Waals surface area contributed by atoms with Crippen molar-refractivity contribution in [2.24, 2.45) is 5.92 Å². The zero-order chi connectivity index (χ0) is 16.9. The third kappa shape index (κ3) is 5.47. The van der Waals surface area contributed by atoms with Gasteiger partial charge in [-0.3, -0.25) is 0 Å². The predicted octanol–water partition coefficient (Wildman–Crippen LogP) is 1.58. The Morgan fingerprint density at radius 1 is 1.26 bits per heavy atom. The van der Waals surface area contributed by atoms with E-state index in [1.54, 1.807) is 12.1 Å². The van der Waals surface area contributed by atoms with E-state index in [0.29, 0.717) is 31.7 Å². The summed E-state index contributed by atoms with van der Waals surface area (Å²) in [6.07, 6.45) is 2.05. The molecule has 2 rings (SSSR count). The Morgan fingerprint density at radius 3 is 2.52 bits per heavy atom. The third-order valence-corrected chi connectivity index (χ3v) is 7.17. The molecule has 0 bridgehead atoms. The van der Waals surface area contributed by atoms with E-state index < -0.39 is 19.9 Å². The number of rotatable bonds is 8. The summed E-state index contributed by atoms with van der Waals surface area (Å²) in [6, 6.07) is 6.27. The van der Waals surface area contributed by atoms with Crippen LogP contribution in [0.15, 0.2) is 29.2 Å². The van der Waals surface area contributed by atoms with Crippen LogP contribution in [-0.4, -0.2) is 41.5 Å². The van der Waals surface area contributed by atoms with Gasteiger partial charge in [0.15, 0.2) is 9.84 Å². The first-order chi connectivity index (χ1) is 10.8. The van der Waals surface area contributed by atoms with Crippen LogP contribution in [0.1, 0.15) is 26.2 Å². The number of benzene rings is 1. The lowest BCUT2D eigenvalue weighted by Gasteiger charge is -2.10. The van der Waals surface area contributed by atoms with Crippen molar-refractivity contribution in [3.63, 3.8) is 0 Å². The molecule has 6 nitrogen and oxygen atoms in total. The van der Waals surface area contributed by atoms with Gasteiger partial charge in [0.2, 0.25) is 10.0 Å². The Balaban J connectivity index is 1.80. The lowest BCUT2D eigenvalue weighted by Crippen LogP contribution is -2.25. The van der Waals surface area contributed by atoms with Crippen LogP contribution in [0.25, 0.3) is 0 Å². The molecule has 1 atom stereocenters. The summed E-state index contributed by atoms with van der Waals surface area (Å²) < 4.78 is 54.9. The second-order valence-electron chi connectivity index (χ2n) is 5.71. The van der Waals surface area contributed by atoms with Gasteiger partial charge >= 0.3 is 0 Å². The molecule has 0 aromatic heterocycles. The van der Waals surface area contributed by atoms with E-state index >= 15 is 0 Å². The fourth-order valence-electron chi connectivity index (χ4n) is 2.66. The first-order valence-corrected chi connectivity index (χ1v) is 11.1. The highest BCUT2D eigenvalue weighted by Gasteiger charge is 2.27. The van der Waals surface area contributed by atoms with Gasteiger partial charge in [0.25, 0.3) is 0 Å². The average molecular weight is 361 g/mol. The van der Waals surface area contributed by atoms with Crippen molar-refractivity contribution < 1.29 is 21.6 Å². The van der Waals surface area contributed by atoms with Crippen LogP contribution in [0, 0.1) is 5.92 Å². The van der Waals surface area contributed by atoms with E-state index in [4.69, 9.17) is 4.74 Å². The summed E-state index contributed by atoms with van der Waals surface area (Å²) in [6.45, 7) is 2.70. The second kappa shape index (κ2) is 7.63. The lowest BCUT2D eigenvalue weighted by atomic mass is 10.0. The molecule has 0 radical (unpaired) electrons. The molecule has 1 heterocycles. The van der Waals surface area contributed by atoms with Gasteiger partial charge in [-0.15, -0.1) is 0 Å².